The van der Waals surface area contributed by atoms with E-state index in [-0.39, 0.29) is 28.9 Å². The third-order valence-electron chi connectivity index (χ3n) is 6.80. The van der Waals surface area contributed by atoms with Gasteiger partial charge < -0.3 is 28.5 Å². The molecule has 0 aliphatic carbocycles. The number of carbonyl (C=O) groups excluding carboxylic acids is 2. The van der Waals surface area contributed by atoms with Crippen molar-refractivity contribution in [2.24, 2.45) is 5.10 Å². The van der Waals surface area contributed by atoms with E-state index in [1.54, 1.807) is 25.1 Å². The highest BCUT2D eigenvalue weighted by atomic mass is 35.5. The summed E-state index contributed by atoms with van der Waals surface area (Å²) in [4.78, 5) is 24.9. The summed E-state index contributed by atoms with van der Waals surface area (Å²) in [5.74, 6) is 0.0584. The molecule has 47 heavy (non-hydrogen) atoms. The normalized spacial score (nSPS) is 11.0. The number of anilines is 1. The second-order valence-corrected chi connectivity index (χ2v) is 10.7. The van der Waals surface area contributed by atoms with Crippen molar-refractivity contribution in [2.75, 3.05) is 18.5 Å². The van der Waals surface area contributed by atoms with E-state index in [0.717, 1.165) is 17.1 Å². The monoisotopic (exact) mass is 658 g/mol. The fourth-order valence-corrected chi connectivity index (χ4v) is 4.96. The third-order valence-corrected chi connectivity index (χ3v) is 7.08. The van der Waals surface area contributed by atoms with E-state index < -0.39 is 24.2 Å². The minimum atomic E-state index is -0.560. The topological polar surface area (TPSA) is 116 Å². The van der Waals surface area contributed by atoms with Crippen molar-refractivity contribution < 1.29 is 32.6 Å². The summed E-state index contributed by atoms with van der Waals surface area (Å²) >= 11 is 6.43. The lowest BCUT2D eigenvalue weighted by Crippen LogP contribution is -2.20. The molecule has 3 aromatic carbocycles. The lowest BCUT2D eigenvalue weighted by atomic mass is 10.2. The number of furan rings is 1. The van der Waals surface area contributed by atoms with Gasteiger partial charge in [0.25, 0.3) is 5.91 Å². The first-order valence-corrected chi connectivity index (χ1v) is 15.0. The van der Waals surface area contributed by atoms with Gasteiger partial charge in [-0.3, -0.25) is 9.59 Å². The number of rotatable bonds is 13. The maximum absolute atomic E-state index is 13.4. The Balaban J connectivity index is 1.14. The van der Waals surface area contributed by atoms with Crippen LogP contribution in [0.25, 0.3) is 5.69 Å². The summed E-state index contributed by atoms with van der Waals surface area (Å²) in [5.41, 5.74) is 6.54. The number of hydrogen-bond acceptors (Lipinski definition) is 7. The lowest BCUT2D eigenvalue weighted by molar-refractivity contribution is -0.118. The van der Waals surface area contributed by atoms with Crippen molar-refractivity contribution in [3.8, 4) is 22.9 Å². The fourth-order valence-electron chi connectivity index (χ4n) is 4.69. The fraction of sp³-hybridized carbons (Fsp3) is 0.171. The van der Waals surface area contributed by atoms with E-state index in [1.807, 2.05) is 24.3 Å². The Labute approximate surface area is 275 Å². The van der Waals surface area contributed by atoms with Crippen LogP contribution in [0.1, 0.15) is 40.2 Å². The number of hydrazone groups is 1. The van der Waals surface area contributed by atoms with Gasteiger partial charge >= 0.3 is 5.91 Å². The highest BCUT2D eigenvalue weighted by molar-refractivity contribution is 6.32. The molecule has 0 unspecified atom stereocenters. The zero-order valence-corrected chi connectivity index (χ0v) is 26.6. The van der Waals surface area contributed by atoms with Gasteiger partial charge in [0, 0.05) is 22.8 Å². The van der Waals surface area contributed by atoms with Gasteiger partial charge in [0.2, 0.25) is 0 Å². The number of halogens is 2. The van der Waals surface area contributed by atoms with E-state index in [1.165, 1.54) is 36.5 Å². The summed E-state index contributed by atoms with van der Waals surface area (Å²) in [6, 6.07) is 23.7. The number of nitrogens with zero attached hydrogens (tertiary/aromatic N) is 2. The van der Waals surface area contributed by atoms with Crippen LogP contribution in [0.3, 0.4) is 0 Å². The van der Waals surface area contributed by atoms with Gasteiger partial charge in [-0.05, 0) is 105 Å². The zero-order valence-electron chi connectivity index (χ0n) is 25.9. The molecular weight excluding hydrogens is 627 g/mol. The standard InChI is InChI=1S/C35H32ClFN4O6/c1-4-44-32-17-24(16-30(36)34(32)46-21-33(42)39-26-7-5-6-25(37)18-26)19-38-40-35(43)31-15-14-29(47-31)20-45-28-12-10-27(11-13-28)41-22(2)8-9-23(41)3/h5-19H,4,20-21H2,1-3H3,(H,39,42)(H,40,43)/b38-19+. The minimum Gasteiger partial charge on any atom is -0.490 e. The SMILES string of the molecule is CCOc1cc(/C=N/NC(=O)c2ccc(COc3ccc(-n4c(C)ccc4C)cc3)o2)cc(Cl)c1OCC(=O)Nc1cccc(F)c1. The Morgan fingerprint density at radius 1 is 0.957 bits per heavy atom. The summed E-state index contributed by atoms with van der Waals surface area (Å²) in [6.07, 6.45) is 1.38. The molecule has 2 heterocycles. The van der Waals surface area contributed by atoms with Crippen molar-refractivity contribution in [3.63, 3.8) is 0 Å². The molecule has 12 heteroatoms. The van der Waals surface area contributed by atoms with Crippen LogP contribution in [0, 0.1) is 19.7 Å². The Morgan fingerprint density at radius 3 is 2.45 bits per heavy atom. The number of amides is 2. The molecule has 10 nitrogen and oxygen atoms in total. The van der Waals surface area contributed by atoms with Gasteiger partial charge in [-0.15, -0.1) is 0 Å². The number of carbonyl (C=O) groups is 2. The first-order valence-electron chi connectivity index (χ1n) is 14.6. The number of aromatic nitrogens is 1. The van der Waals surface area contributed by atoms with Gasteiger partial charge in [-0.1, -0.05) is 17.7 Å². The van der Waals surface area contributed by atoms with Crippen molar-refractivity contribution in [3.05, 3.63) is 124 Å². The van der Waals surface area contributed by atoms with Crippen molar-refractivity contribution in [2.45, 2.75) is 27.4 Å². The zero-order chi connectivity index (χ0) is 33.3. The molecule has 242 valence electrons. The van der Waals surface area contributed by atoms with Crippen LogP contribution >= 0.6 is 11.6 Å². The maximum Gasteiger partial charge on any atom is 0.307 e. The smallest absolute Gasteiger partial charge is 0.307 e. The molecule has 0 bridgehead atoms. The Bertz CT molecular complexity index is 1880. The average Bonchev–Trinajstić information content (AvgIpc) is 3.66. The number of aryl methyl sites for hydroxylation is 2. The molecule has 0 spiro atoms. The predicted octanol–water partition coefficient (Wildman–Crippen LogP) is 7.24. The van der Waals surface area contributed by atoms with E-state index >= 15 is 0 Å². The molecule has 5 aromatic rings. The van der Waals surface area contributed by atoms with Crippen LogP contribution in [-0.4, -0.2) is 35.8 Å². The molecular formula is C35H32ClFN4O6. The van der Waals surface area contributed by atoms with E-state index in [9.17, 15) is 14.0 Å². The molecule has 2 N–H and O–H groups in total. The third kappa shape index (κ3) is 8.59. The highest BCUT2D eigenvalue weighted by Crippen LogP contribution is 2.36. The Morgan fingerprint density at radius 2 is 1.72 bits per heavy atom. The van der Waals surface area contributed by atoms with Gasteiger partial charge in [0.15, 0.2) is 23.9 Å². The second kappa shape index (κ2) is 15.2. The molecule has 0 atom stereocenters. The first kappa shape index (κ1) is 32.8. The largest absolute Gasteiger partial charge is 0.490 e. The summed E-state index contributed by atoms with van der Waals surface area (Å²) in [7, 11) is 0. The lowest BCUT2D eigenvalue weighted by Gasteiger charge is -2.14. The van der Waals surface area contributed by atoms with Gasteiger partial charge in [0.1, 0.15) is 23.9 Å². The van der Waals surface area contributed by atoms with Gasteiger partial charge in [-0.2, -0.15) is 5.10 Å². The van der Waals surface area contributed by atoms with Gasteiger partial charge in [0.05, 0.1) is 17.8 Å². The quantitative estimate of drug-likeness (QED) is 0.102. The van der Waals surface area contributed by atoms with Crippen LogP contribution < -0.4 is 25.0 Å². The number of hydrogen-bond donors (Lipinski definition) is 2. The Hall–Kier alpha value is -5.55. The van der Waals surface area contributed by atoms with Crippen LogP contribution in [0.5, 0.6) is 17.2 Å². The number of ether oxygens (including phenoxy) is 3. The van der Waals surface area contributed by atoms with Crippen LogP contribution in [-0.2, 0) is 11.4 Å². The molecule has 2 amide bonds. The minimum absolute atomic E-state index is 0.0583. The van der Waals surface area contributed by atoms with Gasteiger partial charge in [-0.25, -0.2) is 9.82 Å². The highest BCUT2D eigenvalue weighted by Gasteiger charge is 2.15. The number of nitrogens with one attached hydrogen (secondary N) is 2. The molecule has 0 aliphatic heterocycles. The van der Waals surface area contributed by atoms with Crippen molar-refractivity contribution in [1.82, 2.24) is 9.99 Å². The molecule has 0 fully saturated rings. The van der Waals surface area contributed by atoms with Crippen molar-refractivity contribution >= 4 is 35.3 Å². The molecule has 2 aromatic heterocycles. The molecule has 0 saturated carbocycles. The van der Waals surface area contributed by atoms with E-state index in [4.69, 9.17) is 30.2 Å². The molecule has 0 aliphatic rings. The molecule has 5 rings (SSSR count). The summed E-state index contributed by atoms with van der Waals surface area (Å²) < 4.78 is 38.3. The maximum atomic E-state index is 13.4. The van der Waals surface area contributed by atoms with Crippen LogP contribution in [0.15, 0.2) is 94.4 Å². The molecule has 0 radical (unpaired) electrons. The van der Waals surface area contributed by atoms with Crippen LogP contribution in [0.4, 0.5) is 10.1 Å². The second-order valence-electron chi connectivity index (χ2n) is 10.3. The predicted molar refractivity (Wildman–Crippen MR) is 176 cm³/mol. The van der Waals surface area contributed by atoms with E-state index in [0.29, 0.717) is 29.4 Å². The summed E-state index contributed by atoms with van der Waals surface area (Å²) in [6.45, 7) is 5.93. The average molecular weight is 659 g/mol. The Kier molecular flexibility index (Phi) is 10.6. The van der Waals surface area contributed by atoms with E-state index in [2.05, 4.69) is 46.4 Å². The number of benzene rings is 3. The molecule has 0 saturated heterocycles. The van der Waals surface area contributed by atoms with Crippen molar-refractivity contribution in [1.29, 1.82) is 0 Å². The first-order chi connectivity index (χ1) is 22.7. The summed E-state index contributed by atoms with van der Waals surface area (Å²) in [5, 5.41) is 6.70. The van der Waals surface area contributed by atoms with Crippen LogP contribution in [0.2, 0.25) is 5.02 Å².